The molecule has 1 rings (SSSR count). The van der Waals surface area contributed by atoms with E-state index in [4.69, 9.17) is 11.6 Å². The molecule has 0 amide bonds. The average molecular weight is 215 g/mol. The van der Waals surface area contributed by atoms with Gasteiger partial charge in [-0.2, -0.15) is 0 Å². The summed E-state index contributed by atoms with van der Waals surface area (Å²) < 4.78 is 13.0. The van der Waals surface area contributed by atoms with Crippen molar-refractivity contribution < 1.29 is 9.50 Å². The Kier molecular flexibility index (Phi) is 3.67. The van der Waals surface area contributed by atoms with Gasteiger partial charge in [0.05, 0.1) is 11.1 Å². The largest absolute Gasteiger partial charge is 0.384 e. The van der Waals surface area contributed by atoms with Gasteiger partial charge >= 0.3 is 0 Å². The predicted molar refractivity (Wildman–Crippen MR) is 55.8 cm³/mol. The molecule has 0 saturated carbocycles. The Morgan fingerprint density at radius 3 is 2.71 bits per heavy atom. The van der Waals surface area contributed by atoms with Crippen LogP contribution in [0.3, 0.4) is 0 Å². The molecule has 1 unspecified atom stereocenters. The summed E-state index contributed by atoms with van der Waals surface area (Å²) in [5.41, 5.74) is 1.35. The molecule has 0 bridgehead atoms. The van der Waals surface area contributed by atoms with Crippen LogP contribution in [0.5, 0.6) is 0 Å². The minimum absolute atomic E-state index is 0.0162. The van der Waals surface area contributed by atoms with E-state index < -0.39 is 11.9 Å². The Bertz CT molecular complexity index is 356. The minimum atomic E-state index is -0.844. The van der Waals surface area contributed by atoms with Crippen LogP contribution in [0.4, 0.5) is 4.39 Å². The van der Waals surface area contributed by atoms with Crippen molar-refractivity contribution in [3.63, 3.8) is 0 Å². The minimum Gasteiger partial charge on any atom is -0.384 e. The second-order valence-corrected chi connectivity index (χ2v) is 3.71. The quantitative estimate of drug-likeness (QED) is 0.748. The topological polar surface area (TPSA) is 20.2 Å². The third-order valence-electron chi connectivity index (χ3n) is 1.79. The summed E-state index contributed by atoms with van der Waals surface area (Å²) in [6.07, 6.45) is 0.781. The number of hydrogen-bond acceptors (Lipinski definition) is 1. The van der Waals surface area contributed by atoms with E-state index in [9.17, 15) is 9.50 Å². The highest BCUT2D eigenvalue weighted by molar-refractivity contribution is 6.31. The SMILES string of the molecule is CC(C)=CC(O)c1cccc(F)c1Cl. The summed E-state index contributed by atoms with van der Waals surface area (Å²) in [7, 11) is 0. The molecule has 14 heavy (non-hydrogen) atoms. The first-order valence-corrected chi connectivity index (χ1v) is 4.67. The van der Waals surface area contributed by atoms with Gasteiger partial charge in [0.2, 0.25) is 0 Å². The summed E-state index contributed by atoms with van der Waals surface area (Å²) in [6, 6.07) is 4.40. The second kappa shape index (κ2) is 4.58. The zero-order valence-electron chi connectivity index (χ0n) is 8.09. The number of aliphatic hydroxyl groups is 1. The molecule has 1 atom stereocenters. The van der Waals surface area contributed by atoms with E-state index in [1.165, 1.54) is 12.1 Å². The molecule has 1 aromatic carbocycles. The van der Waals surface area contributed by atoms with Crippen LogP contribution in [0.25, 0.3) is 0 Å². The molecule has 0 aliphatic heterocycles. The molecule has 1 nitrogen and oxygen atoms in total. The summed E-state index contributed by atoms with van der Waals surface area (Å²) in [5.74, 6) is -0.509. The van der Waals surface area contributed by atoms with Gasteiger partial charge in [-0.1, -0.05) is 35.4 Å². The molecule has 0 spiro atoms. The number of allylic oxidation sites excluding steroid dienone is 1. The first-order valence-electron chi connectivity index (χ1n) is 4.29. The van der Waals surface area contributed by atoms with Crippen molar-refractivity contribution in [3.8, 4) is 0 Å². The normalized spacial score (nSPS) is 12.4. The van der Waals surface area contributed by atoms with Gasteiger partial charge in [0.1, 0.15) is 5.82 Å². The van der Waals surface area contributed by atoms with Gasteiger partial charge < -0.3 is 5.11 Å². The smallest absolute Gasteiger partial charge is 0.142 e. The highest BCUT2D eigenvalue weighted by Gasteiger charge is 2.11. The van der Waals surface area contributed by atoms with Crippen molar-refractivity contribution in [1.82, 2.24) is 0 Å². The first kappa shape index (κ1) is 11.2. The van der Waals surface area contributed by atoms with Gasteiger partial charge in [-0.3, -0.25) is 0 Å². The van der Waals surface area contributed by atoms with Gasteiger partial charge in [0, 0.05) is 5.56 Å². The fourth-order valence-electron chi connectivity index (χ4n) is 1.15. The number of rotatable bonds is 2. The molecule has 0 saturated heterocycles. The summed E-state index contributed by atoms with van der Waals surface area (Å²) in [4.78, 5) is 0. The monoisotopic (exact) mass is 214 g/mol. The van der Waals surface area contributed by atoms with Crippen LogP contribution >= 0.6 is 11.6 Å². The summed E-state index contributed by atoms with van der Waals surface area (Å²) in [6.45, 7) is 3.72. The fraction of sp³-hybridized carbons (Fsp3) is 0.273. The Morgan fingerprint density at radius 2 is 2.14 bits per heavy atom. The second-order valence-electron chi connectivity index (χ2n) is 3.33. The van der Waals surface area contributed by atoms with Crippen molar-refractivity contribution in [1.29, 1.82) is 0 Å². The molecule has 0 aromatic heterocycles. The molecule has 0 fully saturated rings. The summed E-state index contributed by atoms with van der Waals surface area (Å²) >= 11 is 5.71. The molecule has 0 aliphatic carbocycles. The third kappa shape index (κ3) is 2.56. The Morgan fingerprint density at radius 1 is 1.50 bits per heavy atom. The van der Waals surface area contributed by atoms with Gasteiger partial charge in [-0.15, -0.1) is 0 Å². The lowest BCUT2D eigenvalue weighted by Crippen LogP contribution is -1.96. The zero-order chi connectivity index (χ0) is 10.7. The van der Waals surface area contributed by atoms with Gasteiger partial charge in [0.25, 0.3) is 0 Å². The van der Waals surface area contributed by atoms with E-state index in [2.05, 4.69) is 0 Å². The maximum atomic E-state index is 13.0. The predicted octanol–water partition coefficient (Wildman–Crippen LogP) is 3.48. The van der Waals surface area contributed by atoms with Gasteiger partial charge in [0.15, 0.2) is 0 Å². The highest BCUT2D eigenvalue weighted by atomic mass is 35.5. The molecule has 0 aliphatic rings. The zero-order valence-corrected chi connectivity index (χ0v) is 8.85. The summed E-state index contributed by atoms with van der Waals surface area (Å²) in [5, 5.41) is 9.65. The fourth-order valence-corrected chi connectivity index (χ4v) is 1.39. The maximum Gasteiger partial charge on any atom is 0.142 e. The number of aliphatic hydroxyl groups excluding tert-OH is 1. The number of halogens is 2. The molecule has 0 radical (unpaired) electrons. The van der Waals surface area contributed by atoms with Crippen LogP contribution < -0.4 is 0 Å². The standard InChI is InChI=1S/C11H12ClFO/c1-7(2)6-10(14)8-4-3-5-9(13)11(8)12/h3-6,10,14H,1-2H3. The van der Waals surface area contributed by atoms with Crippen LogP contribution in [0.1, 0.15) is 25.5 Å². The van der Waals surface area contributed by atoms with E-state index in [1.807, 2.05) is 13.8 Å². The Hall–Kier alpha value is -0.860. The molecular weight excluding hydrogens is 203 g/mol. The van der Waals surface area contributed by atoms with E-state index in [0.717, 1.165) is 5.57 Å². The Balaban J connectivity index is 3.07. The lowest BCUT2D eigenvalue weighted by molar-refractivity contribution is 0.227. The average Bonchev–Trinajstić information content (AvgIpc) is 2.08. The van der Waals surface area contributed by atoms with Crippen molar-refractivity contribution >= 4 is 11.6 Å². The van der Waals surface area contributed by atoms with E-state index in [-0.39, 0.29) is 5.02 Å². The van der Waals surface area contributed by atoms with Crippen molar-refractivity contribution in [2.75, 3.05) is 0 Å². The van der Waals surface area contributed by atoms with Crippen LogP contribution in [0, 0.1) is 5.82 Å². The lowest BCUT2D eigenvalue weighted by Gasteiger charge is -2.09. The molecule has 1 aromatic rings. The molecule has 1 N–H and O–H groups in total. The Labute approximate surface area is 87.8 Å². The van der Waals surface area contributed by atoms with Crippen LogP contribution in [0.15, 0.2) is 29.8 Å². The third-order valence-corrected chi connectivity index (χ3v) is 2.19. The number of benzene rings is 1. The van der Waals surface area contributed by atoms with Crippen molar-refractivity contribution in [3.05, 3.63) is 46.3 Å². The molecule has 0 heterocycles. The molecular formula is C11H12ClFO. The lowest BCUT2D eigenvalue weighted by atomic mass is 10.1. The van der Waals surface area contributed by atoms with E-state index >= 15 is 0 Å². The van der Waals surface area contributed by atoms with E-state index in [1.54, 1.807) is 12.1 Å². The van der Waals surface area contributed by atoms with Crippen molar-refractivity contribution in [2.24, 2.45) is 0 Å². The van der Waals surface area contributed by atoms with Crippen LogP contribution in [0.2, 0.25) is 5.02 Å². The van der Waals surface area contributed by atoms with E-state index in [0.29, 0.717) is 5.56 Å². The van der Waals surface area contributed by atoms with Gasteiger partial charge in [-0.05, 0) is 19.9 Å². The van der Waals surface area contributed by atoms with Crippen LogP contribution in [-0.4, -0.2) is 5.11 Å². The van der Waals surface area contributed by atoms with Gasteiger partial charge in [-0.25, -0.2) is 4.39 Å². The molecule has 76 valence electrons. The van der Waals surface area contributed by atoms with Crippen LogP contribution in [-0.2, 0) is 0 Å². The van der Waals surface area contributed by atoms with Crippen molar-refractivity contribution in [2.45, 2.75) is 20.0 Å². The maximum absolute atomic E-state index is 13.0. The number of hydrogen-bond donors (Lipinski definition) is 1. The molecule has 3 heteroatoms. The highest BCUT2D eigenvalue weighted by Crippen LogP contribution is 2.26. The first-order chi connectivity index (χ1) is 6.52.